The van der Waals surface area contributed by atoms with Crippen molar-refractivity contribution in [1.82, 2.24) is 19.1 Å². The fraction of sp³-hybridized carbons (Fsp3) is 0. The van der Waals surface area contributed by atoms with Crippen LogP contribution in [0.2, 0.25) is 0 Å². The van der Waals surface area contributed by atoms with E-state index < -0.39 is 0 Å². The number of para-hydroxylation sites is 3. The fourth-order valence-corrected chi connectivity index (χ4v) is 9.00. The Morgan fingerprint density at radius 3 is 1.53 bits per heavy atom. The molecule has 0 aliphatic rings. The van der Waals surface area contributed by atoms with Gasteiger partial charge in [-0.25, -0.2) is 9.97 Å². The molecule has 58 heavy (non-hydrogen) atoms. The second kappa shape index (κ2) is 12.9. The average Bonchev–Trinajstić information content (AvgIpc) is 3.81. The minimum absolute atomic E-state index is 0.638. The van der Waals surface area contributed by atoms with Crippen molar-refractivity contribution >= 4 is 65.2 Å². The highest BCUT2D eigenvalue weighted by Gasteiger charge is 2.21. The van der Waals surface area contributed by atoms with Gasteiger partial charge in [0, 0.05) is 38.4 Å². The molecule has 0 N–H and O–H groups in total. The summed E-state index contributed by atoms with van der Waals surface area (Å²) >= 11 is 0. The lowest BCUT2D eigenvalue weighted by atomic mass is 9.98. The van der Waals surface area contributed by atoms with Crippen molar-refractivity contribution in [3.05, 3.63) is 206 Å². The zero-order valence-electron chi connectivity index (χ0n) is 31.4. The highest BCUT2D eigenvalue weighted by atomic mass is 15.2. The van der Waals surface area contributed by atoms with E-state index in [1.807, 2.05) is 0 Å². The van der Waals surface area contributed by atoms with Crippen LogP contribution >= 0.6 is 0 Å². The number of benzene rings is 9. The number of aromatic nitrogens is 4. The van der Waals surface area contributed by atoms with Crippen molar-refractivity contribution in [3.63, 3.8) is 0 Å². The molecule has 0 atom stereocenters. The highest BCUT2D eigenvalue weighted by Crippen LogP contribution is 2.41. The van der Waals surface area contributed by atoms with E-state index in [-0.39, 0.29) is 0 Å². The monoisotopic (exact) mass is 738 g/mol. The molecule has 0 spiro atoms. The first-order chi connectivity index (χ1) is 28.7. The zero-order chi connectivity index (χ0) is 38.2. The molecule has 3 aromatic heterocycles. The Kier molecular flexibility index (Phi) is 7.20. The van der Waals surface area contributed by atoms with E-state index in [9.17, 15) is 0 Å². The first-order valence-electron chi connectivity index (χ1n) is 19.7. The molecular weight excluding hydrogens is 705 g/mol. The van der Waals surface area contributed by atoms with E-state index >= 15 is 0 Å². The summed E-state index contributed by atoms with van der Waals surface area (Å²) in [5.41, 5.74) is 11.8. The van der Waals surface area contributed by atoms with Crippen molar-refractivity contribution in [1.29, 1.82) is 0 Å². The molecule has 0 fully saturated rings. The van der Waals surface area contributed by atoms with Gasteiger partial charge in [-0.2, -0.15) is 0 Å². The minimum atomic E-state index is 0.638. The summed E-state index contributed by atoms with van der Waals surface area (Å²) in [6.45, 7) is 0. The first-order valence-corrected chi connectivity index (χ1v) is 19.7. The van der Waals surface area contributed by atoms with E-state index in [4.69, 9.17) is 9.97 Å². The topological polar surface area (TPSA) is 35.6 Å². The Morgan fingerprint density at radius 1 is 0.310 bits per heavy atom. The molecule has 270 valence electrons. The Bertz CT molecular complexity index is 3480. The number of rotatable bonds is 5. The van der Waals surface area contributed by atoms with Crippen LogP contribution in [0.15, 0.2) is 206 Å². The smallest absolute Gasteiger partial charge is 0.235 e. The van der Waals surface area contributed by atoms with Crippen LogP contribution in [-0.2, 0) is 0 Å². The number of fused-ring (bicyclic) bond motifs is 8. The summed E-state index contributed by atoms with van der Waals surface area (Å²) in [5.74, 6) is 0.638. The van der Waals surface area contributed by atoms with Crippen molar-refractivity contribution in [2.75, 3.05) is 0 Å². The quantitative estimate of drug-likeness (QED) is 0.176. The second-order valence-electron chi connectivity index (χ2n) is 15.0. The normalized spacial score (nSPS) is 11.8. The summed E-state index contributed by atoms with van der Waals surface area (Å²) in [6, 6.07) is 73.9. The molecule has 12 rings (SSSR count). The third kappa shape index (κ3) is 5.09. The van der Waals surface area contributed by atoms with E-state index in [2.05, 4.69) is 215 Å². The van der Waals surface area contributed by atoms with Crippen LogP contribution in [0.3, 0.4) is 0 Å². The van der Waals surface area contributed by atoms with Gasteiger partial charge in [0.05, 0.1) is 33.5 Å². The van der Waals surface area contributed by atoms with Crippen LogP contribution in [0.4, 0.5) is 0 Å². The summed E-state index contributed by atoms with van der Waals surface area (Å²) < 4.78 is 4.62. The van der Waals surface area contributed by atoms with Crippen LogP contribution in [-0.4, -0.2) is 19.1 Å². The molecule has 0 aliphatic carbocycles. The van der Waals surface area contributed by atoms with Gasteiger partial charge in [0.2, 0.25) is 5.95 Å². The van der Waals surface area contributed by atoms with Crippen LogP contribution in [0.5, 0.6) is 0 Å². The van der Waals surface area contributed by atoms with Gasteiger partial charge in [-0.05, 0) is 93.3 Å². The van der Waals surface area contributed by atoms with Gasteiger partial charge in [0.1, 0.15) is 0 Å². The van der Waals surface area contributed by atoms with E-state index in [1.165, 1.54) is 59.9 Å². The summed E-state index contributed by atoms with van der Waals surface area (Å²) in [6.07, 6.45) is 0. The molecule has 0 saturated heterocycles. The van der Waals surface area contributed by atoms with E-state index in [0.717, 1.165) is 44.6 Å². The first kappa shape index (κ1) is 32.4. The van der Waals surface area contributed by atoms with Gasteiger partial charge in [-0.1, -0.05) is 146 Å². The SMILES string of the molecule is c1ccc(-n2c3ccccc3c3cc(-c4cccc5c4c4ccccc4n5-c4nc(-c5ccc6ccccc6c5)cc(-c5ccc6ccccc6c5)n4)ccc32)cc1. The molecule has 3 heterocycles. The molecule has 12 aromatic rings. The Morgan fingerprint density at radius 2 is 0.845 bits per heavy atom. The summed E-state index contributed by atoms with van der Waals surface area (Å²) in [5, 5.41) is 9.56. The lowest BCUT2D eigenvalue weighted by molar-refractivity contribution is 0.996. The number of hydrogen-bond donors (Lipinski definition) is 0. The van der Waals surface area contributed by atoms with Crippen molar-refractivity contribution < 1.29 is 0 Å². The third-order valence-corrected chi connectivity index (χ3v) is 11.7. The van der Waals surface area contributed by atoms with Crippen molar-refractivity contribution in [2.45, 2.75) is 0 Å². The van der Waals surface area contributed by atoms with Crippen molar-refractivity contribution in [3.8, 4) is 45.3 Å². The Labute approximate surface area is 334 Å². The second-order valence-corrected chi connectivity index (χ2v) is 15.0. The lowest BCUT2D eigenvalue weighted by Crippen LogP contribution is -2.04. The van der Waals surface area contributed by atoms with E-state index in [0.29, 0.717) is 5.95 Å². The van der Waals surface area contributed by atoms with Gasteiger partial charge in [0.15, 0.2) is 0 Å². The Hall–Kier alpha value is -7.82. The molecule has 4 heteroatoms. The number of hydrogen-bond acceptors (Lipinski definition) is 2. The predicted molar refractivity (Wildman–Crippen MR) is 242 cm³/mol. The maximum absolute atomic E-state index is 5.40. The van der Waals surface area contributed by atoms with E-state index in [1.54, 1.807) is 0 Å². The molecule has 0 unspecified atom stereocenters. The molecule has 0 amide bonds. The van der Waals surface area contributed by atoms with Gasteiger partial charge >= 0.3 is 0 Å². The van der Waals surface area contributed by atoms with Gasteiger partial charge in [-0.3, -0.25) is 4.57 Å². The van der Waals surface area contributed by atoms with Crippen LogP contribution in [0, 0.1) is 0 Å². The summed E-state index contributed by atoms with van der Waals surface area (Å²) in [7, 11) is 0. The average molecular weight is 739 g/mol. The molecule has 4 nitrogen and oxygen atoms in total. The van der Waals surface area contributed by atoms with Gasteiger partial charge in [0.25, 0.3) is 0 Å². The zero-order valence-corrected chi connectivity index (χ0v) is 31.4. The minimum Gasteiger partial charge on any atom is -0.309 e. The highest BCUT2D eigenvalue weighted by molar-refractivity contribution is 6.17. The maximum atomic E-state index is 5.40. The van der Waals surface area contributed by atoms with Gasteiger partial charge < -0.3 is 4.57 Å². The van der Waals surface area contributed by atoms with Crippen LogP contribution in [0.1, 0.15) is 0 Å². The molecular formula is C54H34N4. The largest absolute Gasteiger partial charge is 0.309 e. The third-order valence-electron chi connectivity index (χ3n) is 11.7. The molecule has 0 saturated carbocycles. The van der Waals surface area contributed by atoms with Crippen LogP contribution < -0.4 is 0 Å². The molecule has 0 aliphatic heterocycles. The van der Waals surface area contributed by atoms with Crippen LogP contribution in [0.25, 0.3) is 110 Å². The standard InChI is InChI=1S/C54H34N4/c1-2-17-42(18-3-1)57-49-22-10-8-19-44(49)46-33-39(29-30-51(46)57)43-21-12-24-52-53(43)45-20-9-11-23-50(45)58(52)54-55-47(40-27-25-35-13-4-6-15-37(35)31-40)34-48(56-54)41-28-26-36-14-5-7-16-38(36)32-41/h1-34H. The fourth-order valence-electron chi connectivity index (χ4n) is 9.00. The Balaban J connectivity index is 1.10. The van der Waals surface area contributed by atoms with Crippen molar-refractivity contribution in [2.24, 2.45) is 0 Å². The predicted octanol–water partition coefficient (Wildman–Crippen LogP) is 14.0. The van der Waals surface area contributed by atoms with Gasteiger partial charge in [-0.15, -0.1) is 0 Å². The lowest BCUT2D eigenvalue weighted by Gasteiger charge is -2.13. The molecule has 0 bridgehead atoms. The number of nitrogens with zero attached hydrogens (tertiary/aromatic N) is 4. The summed E-state index contributed by atoms with van der Waals surface area (Å²) in [4.78, 5) is 10.8. The molecule has 9 aromatic carbocycles. The molecule has 0 radical (unpaired) electrons. The maximum Gasteiger partial charge on any atom is 0.235 e.